The molecule has 0 unspecified atom stereocenters. The highest BCUT2D eigenvalue weighted by Gasteiger charge is 2.27. The number of amides is 1. The average Bonchev–Trinajstić information content (AvgIpc) is 2.97. The highest BCUT2D eigenvalue weighted by molar-refractivity contribution is 7.88. The minimum Gasteiger partial charge on any atom is -0.374 e. The number of carbonyl (C=O) groups is 1. The van der Waals surface area contributed by atoms with Crippen molar-refractivity contribution in [1.29, 1.82) is 0 Å². The van der Waals surface area contributed by atoms with Gasteiger partial charge in [-0.15, -0.1) is 0 Å². The van der Waals surface area contributed by atoms with E-state index in [0.717, 1.165) is 5.69 Å². The van der Waals surface area contributed by atoms with E-state index in [2.05, 4.69) is 10.4 Å². The number of ether oxygens (including phenoxy) is 1. The molecule has 2 heterocycles. The molecule has 1 saturated heterocycles. The largest absolute Gasteiger partial charge is 0.374 e. The summed E-state index contributed by atoms with van der Waals surface area (Å²) in [7, 11) is -3.24. The van der Waals surface area contributed by atoms with E-state index in [1.54, 1.807) is 10.7 Å². The second kappa shape index (κ2) is 7.62. The van der Waals surface area contributed by atoms with Crippen molar-refractivity contribution in [3.63, 3.8) is 0 Å². The fourth-order valence-electron chi connectivity index (χ4n) is 2.56. The second-order valence-electron chi connectivity index (χ2n) is 6.25. The van der Waals surface area contributed by atoms with Crippen molar-refractivity contribution >= 4 is 15.9 Å². The van der Waals surface area contributed by atoms with Gasteiger partial charge in [0, 0.05) is 26.2 Å². The first-order chi connectivity index (χ1) is 11.2. The van der Waals surface area contributed by atoms with Crippen molar-refractivity contribution in [1.82, 2.24) is 19.4 Å². The lowest BCUT2D eigenvalue weighted by Crippen LogP contribution is -2.49. The molecule has 136 valence electrons. The van der Waals surface area contributed by atoms with Crippen LogP contribution < -0.4 is 5.32 Å². The van der Waals surface area contributed by atoms with Crippen molar-refractivity contribution in [3.8, 4) is 0 Å². The summed E-state index contributed by atoms with van der Waals surface area (Å²) >= 11 is 0. The maximum absolute atomic E-state index is 12.4. The van der Waals surface area contributed by atoms with Gasteiger partial charge in [-0.25, -0.2) is 8.42 Å². The van der Waals surface area contributed by atoms with Crippen LogP contribution in [-0.2, 0) is 21.3 Å². The Morgan fingerprint density at radius 2 is 2.21 bits per heavy atom. The maximum atomic E-state index is 12.4. The Balaban J connectivity index is 1.98. The predicted octanol–water partition coefficient (Wildman–Crippen LogP) is 0.417. The van der Waals surface area contributed by atoms with Crippen molar-refractivity contribution in [3.05, 3.63) is 17.5 Å². The molecule has 1 N–H and O–H groups in total. The number of aromatic nitrogens is 2. The zero-order chi connectivity index (χ0) is 17.9. The van der Waals surface area contributed by atoms with E-state index in [0.29, 0.717) is 25.4 Å². The Kier molecular flexibility index (Phi) is 6.00. The molecule has 1 aromatic rings. The van der Waals surface area contributed by atoms with Gasteiger partial charge in [0.2, 0.25) is 10.0 Å². The van der Waals surface area contributed by atoms with E-state index in [4.69, 9.17) is 4.74 Å². The van der Waals surface area contributed by atoms with Gasteiger partial charge in [0.05, 0.1) is 24.7 Å². The summed E-state index contributed by atoms with van der Waals surface area (Å²) in [5.41, 5.74) is 1.39. The minimum atomic E-state index is -3.24. The normalized spacial score (nSPS) is 19.6. The fourth-order valence-corrected chi connectivity index (χ4v) is 3.40. The van der Waals surface area contributed by atoms with E-state index in [-0.39, 0.29) is 31.0 Å². The molecular formula is C15H26N4O4S. The predicted molar refractivity (Wildman–Crippen MR) is 90.5 cm³/mol. The number of nitrogens with one attached hydrogen (secondary N) is 1. The van der Waals surface area contributed by atoms with Crippen LogP contribution in [0.15, 0.2) is 6.07 Å². The first kappa shape index (κ1) is 18.9. The van der Waals surface area contributed by atoms with Crippen LogP contribution >= 0.6 is 0 Å². The van der Waals surface area contributed by atoms with Crippen LogP contribution in [0, 0.1) is 0 Å². The van der Waals surface area contributed by atoms with Crippen LogP contribution in [-0.4, -0.2) is 67.0 Å². The Labute approximate surface area is 143 Å². The van der Waals surface area contributed by atoms with Gasteiger partial charge in [0.25, 0.3) is 5.91 Å². The Morgan fingerprint density at radius 3 is 2.79 bits per heavy atom. The van der Waals surface area contributed by atoms with E-state index >= 15 is 0 Å². The van der Waals surface area contributed by atoms with Crippen molar-refractivity contribution in [2.45, 2.75) is 39.3 Å². The van der Waals surface area contributed by atoms with E-state index < -0.39 is 10.0 Å². The molecule has 24 heavy (non-hydrogen) atoms. The Bertz CT molecular complexity index is 684. The monoisotopic (exact) mass is 358 g/mol. The van der Waals surface area contributed by atoms with Crippen molar-refractivity contribution in [2.24, 2.45) is 0 Å². The van der Waals surface area contributed by atoms with Gasteiger partial charge in [0.1, 0.15) is 5.69 Å². The number of rotatable bonds is 6. The molecule has 1 aromatic heterocycles. The molecule has 0 saturated carbocycles. The summed E-state index contributed by atoms with van der Waals surface area (Å²) in [6, 6.07) is 1.80. The minimum absolute atomic E-state index is 0.226. The van der Waals surface area contributed by atoms with Crippen molar-refractivity contribution in [2.75, 3.05) is 32.5 Å². The third-order valence-electron chi connectivity index (χ3n) is 3.98. The molecule has 1 atom stereocenters. The van der Waals surface area contributed by atoms with Crippen LogP contribution in [0.25, 0.3) is 0 Å². The van der Waals surface area contributed by atoms with Gasteiger partial charge in [-0.2, -0.15) is 9.40 Å². The number of morpholine rings is 1. The highest BCUT2D eigenvalue weighted by atomic mass is 32.2. The molecule has 1 amide bonds. The van der Waals surface area contributed by atoms with Crippen LogP contribution in [0.4, 0.5) is 0 Å². The molecule has 0 spiro atoms. The molecule has 8 nitrogen and oxygen atoms in total. The Hall–Kier alpha value is -1.45. The molecule has 0 aromatic carbocycles. The quantitative estimate of drug-likeness (QED) is 0.795. The smallest absolute Gasteiger partial charge is 0.269 e. The zero-order valence-electron chi connectivity index (χ0n) is 14.7. The van der Waals surface area contributed by atoms with Crippen LogP contribution in [0.3, 0.4) is 0 Å². The lowest BCUT2D eigenvalue weighted by atomic mass is 10.1. The van der Waals surface area contributed by atoms with Crippen LogP contribution in [0.1, 0.15) is 42.9 Å². The number of aryl methyl sites for hydroxylation is 1. The zero-order valence-corrected chi connectivity index (χ0v) is 15.5. The van der Waals surface area contributed by atoms with Gasteiger partial charge >= 0.3 is 0 Å². The average molecular weight is 358 g/mol. The molecule has 1 aliphatic rings. The lowest BCUT2D eigenvalue weighted by Gasteiger charge is -2.31. The standard InChI is InChI=1S/C15H26N4O4S/c1-5-19-14(8-13(17-19)11(2)3)15(20)16-9-12-10-18(6-7-23-12)24(4,21)22/h8,11-12H,5-7,9-10H2,1-4H3,(H,16,20)/t12-/m0/s1. The topological polar surface area (TPSA) is 93.5 Å². The van der Waals surface area contributed by atoms with Gasteiger partial charge in [-0.3, -0.25) is 9.48 Å². The van der Waals surface area contributed by atoms with Crippen LogP contribution in [0.2, 0.25) is 0 Å². The summed E-state index contributed by atoms with van der Waals surface area (Å²) in [5.74, 6) is 0.0191. The summed E-state index contributed by atoms with van der Waals surface area (Å²) < 4.78 is 31.8. The van der Waals surface area contributed by atoms with Gasteiger partial charge in [0.15, 0.2) is 0 Å². The fraction of sp³-hybridized carbons (Fsp3) is 0.733. The first-order valence-corrected chi connectivity index (χ1v) is 9.99. The highest BCUT2D eigenvalue weighted by Crippen LogP contribution is 2.15. The van der Waals surface area contributed by atoms with Gasteiger partial charge in [-0.05, 0) is 18.9 Å². The molecule has 2 rings (SSSR count). The van der Waals surface area contributed by atoms with Crippen molar-refractivity contribution < 1.29 is 17.9 Å². The molecule has 9 heteroatoms. The lowest BCUT2D eigenvalue weighted by molar-refractivity contribution is 0.000384. The summed E-state index contributed by atoms with van der Waals surface area (Å²) in [6.45, 7) is 7.79. The summed E-state index contributed by atoms with van der Waals surface area (Å²) in [4.78, 5) is 12.4. The first-order valence-electron chi connectivity index (χ1n) is 8.15. The number of nitrogens with zero attached hydrogens (tertiary/aromatic N) is 3. The molecular weight excluding hydrogens is 332 g/mol. The van der Waals surface area contributed by atoms with E-state index in [1.807, 2.05) is 20.8 Å². The molecule has 1 fully saturated rings. The molecule has 0 radical (unpaired) electrons. The number of hydrogen-bond acceptors (Lipinski definition) is 5. The SMILES string of the molecule is CCn1nc(C(C)C)cc1C(=O)NC[C@H]1CN(S(C)(=O)=O)CCO1. The maximum Gasteiger partial charge on any atom is 0.269 e. The molecule has 0 aliphatic carbocycles. The van der Waals surface area contributed by atoms with E-state index in [1.165, 1.54) is 10.6 Å². The van der Waals surface area contributed by atoms with E-state index in [9.17, 15) is 13.2 Å². The number of carbonyl (C=O) groups excluding carboxylic acids is 1. The number of hydrogen-bond donors (Lipinski definition) is 1. The third-order valence-corrected chi connectivity index (χ3v) is 5.25. The second-order valence-corrected chi connectivity index (χ2v) is 8.23. The number of sulfonamides is 1. The van der Waals surface area contributed by atoms with Crippen LogP contribution in [0.5, 0.6) is 0 Å². The third kappa shape index (κ3) is 4.55. The summed E-state index contributed by atoms with van der Waals surface area (Å²) in [6.07, 6.45) is 0.835. The molecule has 1 aliphatic heterocycles. The Morgan fingerprint density at radius 1 is 1.50 bits per heavy atom. The van der Waals surface area contributed by atoms with Gasteiger partial charge < -0.3 is 10.1 Å². The molecule has 0 bridgehead atoms. The van der Waals surface area contributed by atoms with Gasteiger partial charge in [-0.1, -0.05) is 13.8 Å². The summed E-state index contributed by atoms with van der Waals surface area (Å²) in [5, 5.41) is 7.25.